The SMILES string of the molecule is CCCCN(C(=O)Cc1cccc(OC)c1)c1nnc(-c2ccc(F)cc2)s1. The Bertz CT molecular complexity index is 927. The van der Waals surface area contributed by atoms with E-state index in [0.717, 1.165) is 29.7 Å². The third-order valence-corrected chi connectivity index (χ3v) is 5.26. The number of hydrogen-bond acceptors (Lipinski definition) is 5. The van der Waals surface area contributed by atoms with Gasteiger partial charge in [0, 0.05) is 12.1 Å². The monoisotopic (exact) mass is 399 g/mol. The van der Waals surface area contributed by atoms with Crippen LogP contribution in [0.1, 0.15) is 25.3 Å². The van der Waals surface area contributed by atoms with Gasteiger partial charge in [-0.05, 0) is 48.4 Å². The highest BCUT2D eigenvalue weighted by Crippen LogP contribution is 2.29. The van der Waals surface area contributed by atoms with Gasteiger partial charge in [-0.25, -0.2) is 4.39 Å². The molecule has 7 heteroatoms. The highest BCUT2D eigenvalue weighted by molar-refractivity contribution is 7.18. The van der Waals surface area contributed by atoms with Crippen LogP contribution in [0.15, 0.2) is 48.5 Å². The van der Waals surface area contributed by atoms with Crippen molar-refractivity contribution in [2.24, 2.45) is 0 Å². The molecule has 0 aliphatic heterocycles. The van der Waals surface area contributed by atoms with Crippen molar-refractivity contribution in [3.8, 4) is 16.3 Å². The first-order chi connectivity index (χ1) is 13.6. The molecule has 1 heterocycles. The summed E-state index contributed by atoms with van der Waals surface area (Å²) in [6.07, 6.45) is 2.09. The Morgan fingerprint density at radius 2 is 1.96 bits per heavy atom. The third-order valence-electron chi connectivity index (χ3n) is 4.26. The van der Waals surface area contributed by atoms with Gasteiger partial charge in [-0.15, -0.1) is 10.2 Å². The summed E-state index contributed by atoms with van der Waals surface area (Å²) in [5.41, 5.74) is 1.66. The first-order valence-corrected chi connectivity index (χ1v) is 9.95. The van der Waals surface area contributed by atoms with E-state index < -0.39 is 0 Å². The smallest absolute Gasteiger partial charge is 0.233 e. The normalized spacial score (nSPS) is 10.7. The molecule has 0 aliphatic carbocycles. The van der Waals surface area contributed by atoms with Crippen LogP contribution >= 0.6 is 11.3 Å². The summed E-state index contributed by atoms with van der Waals surface area (Å²) in [6.45, 7) is 2.66. The molecule has 0 atom stereocenters. The maximum atomic E-state index is 13.1. The van der Waals surface area contributed by atoms with Gasteiger partial charge < -0.3 is 4.74 Å². The van der Waals surface area contributed by atoms with Gasteiger partial charge in [-0.2, -0.15) is 0 Å². The van der Waals surface area contributed by atoms with Crippen molar-refractivity contribution in [2.45, 2.75) is 26.2 Å². The summed E-state index contributed by atoms with van der Waals surface area (Å²) < 4.78 is 18.4. The van der Waals surface area contributed by atoms with Gasteiger partial charge in [0.15, 0.2) is 0 Å². The standard InChI is InChI=1S/C21H22FN3O2S/c1-3-4-12-25(19(26)14-15-6-5-7-18(13-15)27-2)21-24-23-20(28-21)16-8-10-17(22)11-9-16/h5-11,13H,3-4,12,14H2,1-2H3. The molecule has 0 unspecified atom stereocenters. The van der Waals surface area contributed by atoms with E-state index in [9.17, 15) is 9.18 Å². The van der Waals surface area contributed by atoms with Crippen LogP contribution in [0.25, 0.3) is 10.6 Å². The molecule has 2 aromatic carbocycles. The number of halogens is 1. The zero-order valence-corrected chi connectivity index (χ0v) is 16.7. The van der Waals surface area contributed by atoms with Crippen LogP contribution in [0, 0.1) is 5.82 Å². The Labute approximate surface area is 167 Å². The number of unbranched alkanes of at least 4 members (excludes halogenated alkanes) is 1. The van der Waals surface area contributed by atoms with Crippen molar-refractivity contribution in [2.75, 3.05) is 18.6 Å². The quantitative estimate of drug-likeness (QED) is 0.550. The third kappa shape index (κ3) is 4.92. The molecule has 1 amide bonds. The maximum Gasteiger partial charge on any atom is 0.233 e. The number of ether oxygens (including phenoxy) is 1. The van der Waals surface area contributed by atoms with Gasteiger partial charge in [0.25, 0.3) is 0 Å². The highest BCUT2D eigenvalue weighted by Gasteiger charge is 2.20. The van der Waals surface area contributed by atoms with Crippen LogP contribution in [0.2, 0.25) is 0 Å². The molecule has 0 saturated heterocycles. The van der Waals surface area contributed by atoms with Crippen molar-refractivity contribution in [1.82, 2.24) is 10.2 Å². The number of amides is 1. The number of hydrogen-bond donors (Lipinski definition) is 0. The second kappa shape index (κ2) is 9.41. The van der Waals surface area contributed by atoms with Gasteiger partial charge in [-0.3, -0.25) is 9.69 Å². The Hall–Kier alpha value is -2.80. The predicted octanol–water partition coefficient (Wildman–Crippen LogP) is 4.73. The Balaban J connectivity index is 1.81. The molecular weight excluding hydrogens is 377 g/mol. The van der Waals surface area contributed by atoms with E-state index >= 15 is 0 Å². The molecule has 1 aromatic heterocycles. The summed E-state index contributed by atoms with van der Waals surface area (Å²) in [5, 5.41) is 9.63. The van der Waals surface area contributed by atoms with Crippen LogP contribution in [0.3, 0.4) is 0 Å². The lowest BCUT2D eigenvalue weighted by Crippen LogP contribution is -2.33. The van der Waals surface area contributed by atoms with Crippen molar-refractivity contribution < 1.29 is 13.9 Å². The Kier molecular flexibility index (Phi) is 6.71. The zero-order valence-electron chi connectivity index (χ0n) is 15.9. The molecule has 0 fully saturated rings. The summed E-state index contributed by atoms with van der Waals surface area (Å²) in [5.74, 6) is 0.384. The molecule has 3 rings (SSSR count). The number of methoxy groups -OCH3 is 1. The zero-order chi connectivity index (χ0) is 19.9. The van der Waals surface area contributed by atoms with E-state index in [1.54, 1.807) is 24.1 Å². The lowest BCUT2D eigenvalue weighted by molar-refractivity contribution is -0.118. The summed E-state index contributed by atoms with van der Waals surface area (Å²) in [7, 11) is 1.60. The van der Waals surface area contributed by atoms with E-state index in [0.29, 0.717) is 16.7 Å². The van der Waals surface area contributed by atoms with Crippen LogP contribution in [-0.4, -0.2) is 29.8 Å². The van der Waals surface area contributed by atoms with Gasteiger partial charge in [0.2, 0.25) is 11.0 Å². The number of carbonyl (C=O) groups is 1. The number of anilines is 1. The van der Waals surface area contributed by atoms with Crippen molar-refractivity contribution in [1.29, 1.82) is 0 Å². The lowest BCUT2D eigenvalue weighted by Gasteiger charge is -2.19. The Morgan fingerprint density at radius 3 is 2.68 bits per heavy atom. The molecule has 0 saturated carbocycles. The van der Waals surface area contributed by atoms with Gasteiger partial charge in [-0.1, -0.05) is 36.8 Å². The topological polar surface area (TPSA) is 55.3 Å². The van der Waals surface area contributed by atoms with E-state index in [-0.39, 0.29) is 18.1 Å². The fourth-order valence-corrected chi connectivity index (χ4v) is 3.62. The van der Waals surface area contributed by atoms with Crippen molar-refractivity contribution in [3.05, 3.63) is 59.9 Å². The fraction of sp³-hybridized carbons (Fsp3) is 0.286. The minimum Gasteiger partial charge on any atom is -0.497 e. The fourth-order valence-electron chi connectivity index (χ4n) is 2.73. The van der Waals surface area contributed by atoms with E-state index in [4.69, 9.17) is 4.74 Å². The molecule has 146 valence electrons. The minimum atomic E-state index is -0.300. The lowest BCUT2D eigenvalue weighted by atomic mass is 10.1. The molecular formula is C21H22FN3O2S. The second-order valence-electron chi connectivity index (χ2n) is 6.32. The number of benzene rings is 2. The Morgan fingerprint density at radius 1 is 1.18 bits per heavy atom. The van der Waals surface area contributed by atoms with Gasteiger partial charge in [0.1, 0.15) is 16.6 Å². The number of aromatic nitrogens is 2. The van der Waals surface area contributed by atoms with E-state index in [1.165, 1.54) is 23.5 Å². The average molecular weight is 399 g/mol. The molecule has 0 spiro atoms. The van der Waals surface area contributed by atoms with Crippen LogP contribution in [-0.2, 0) is 11.2 Å². The minimum absolute atomic E-state index is 0.0384. The molecule has 3 aromatic rings. The van der Waals surface area contributed by atoms with E-state index in [1.807, 2.05) is 24.3 Å². The van der Waals surface area contributed by atoms with Crippen LogP contribution in [0.5, 0.6) is 5.75 Å². The average Bonchev–Trinajstić information content (AvgIpc) is 3.19. The van der Waals surface area contributed by atoms with Crippen molar-refractivity contribution >= 4 is 22.4 Å². The molecule has 0 bridgehead atoms. The van der Waals surface area contributed by atoms with Crippen LogP contribution < -0.4 is 9.64 Å². The molecule has 0 N–H and O–H groups in total. The van der Waals surface area contributed by atoms with Gasteiger partial charge >= 0.3 is 0 Å². The largest absolute Gasteiger partial charge is 0.497 e. The number of nitrogens with zero attached hydrogens (tertiary/aromatic N) is 3. The molecule has 0 radical (unpaired) electrons. The predicted molar refractivity (Wildman–Crippen MR) is 109 cm³/mol. The molecule has 5 nitrogen and oxygen atoms in total. The van der Waals surface area contributed by atoms with E-state index in [2.05, 4.69) is 17.1 Å². The van der Waals surface area contributed by atoms with Crippen molar-refractivity contribution in [3.63, 3.8) is 0 Å². The highest BCUT2D eigenvalue weighted by atomic mass is 32.1. The first kappa shape index (κ1) is 19.9. The molecule has 28 heavy (non-hydrogen) atoms. The number of carbonyl (C=O) groups excluding carboxylic acids is 1. The summed E-state index contributed by atoms with van der Waals surface area (Å²) >= 11 is 1.33. The summed E-state index contributed by atoms with van der Waals surface area (Å²) in [4.78, 5) is 14.7. The van der Waals surface area contributed by atoms with Crippen LogP contribution in [0.4, 0.5) is 9.52 Å². The molecule has 0 aliphatic rings. The summed E-state index contributed by atoms with van der Waals surface area (Å²) in [6, 6.07) is 13.6. The van der Waals surface area contributed by atoms with Gasteiger partial charge in [0.05, 0.1) is 13.5 Å². The first-order valence-electron chi connectivity index (χ1n) is 9.13. The second-order valence-corrected chi connectivity index (χ2v) is 7.28. The number of rotatable bonds is 8. The maximum absolute atomic E-state index is 13.1.